The maximum absolute atomic E-state index is 2.51. The molecule has 2 nitrogen and oxygen atoms in total. The van der Waals surface area contributed by atoms with Gasteiger partial charge in [-0.05, 0) is 45.6 Å². The summed E-state index contributed by atoms with van der Waals surface area (Å²) in [5.41, 5.74) is 0. The van der Waals surface area contributed by atoms with Gasteiger partial charge in [0.05, 0.1) is 0 Å². The van der Waals surface area contributed by atoms with Gasteiger partial charge in [-0.25, -0.2) is 0 Å². The first-order valence-corrected chi connectivity index (χ1v) is 6.80. The number of rotatable bonds is 10. The normalized spacial score (nSPS) is 11.6. The number of nitrogens with zero attached hydrogens (tertiary/aromatic N) is 2. The quantitative estimate of drug-likeness (QED) is 0.527. The van der Waals surface area contributed by atoms with Gasteiger partial charge >= 0.3 is 0 Å². The Labute approximate surface area is 102 Å². The second kappa shape index (κ2) is 11.0. The number of allylic oxidation sites excluding steroid dienone is 1. The molecule has 0 saturated carbocycles. The van der Waals surface area contributed by atoms with Crippen LogP contribution < -0.4 is 0 Å². The highest BCUT2D eigenvalue weighted by atomic mass is 15.1. The number of hydrogen-bond acceptors (Lipinski definition) is 2. The average molecular weight is 226 g/mol. The molecule has 0 aromatic carbocycles. The molecule has 0 rings (SSSR count). The zero-order chi connectivity index (χ0) is 12.2. The van der Waals surface area contributed by atoms with E-state index in [9.17, 15) is 0 Å². The lowest BCUT2D eigenvalue weighted by Gasteiger charge is -2.17. The summed E-state index contributed by atoms with van der Waals surface area (Å²) in [4.78, 5) is 4.77. The van der Waals surface area contributed by atoms with Gasteiger partial charge in [-0.3, -0.25) is 0 Å². The van der Waals surface area contributed by atoms with Crippen LogP contribution in [0.5, 0.6) is 0 Å². The summed E-state index contributed by atoms with van der Waals surface area (Å²) in [7, 11) is 2.15. The topological polar surface area (TPSA) is 6.48 Å². The van der Waals surface area contributed by atoms with E-state index in [0.29, 0.717) is 0 Å². The molecule has 0 heterocycles. The SMILES string of the molecule is CC=CN(C)CCCCCCN(CC)CC. The fourth-order valence-corrected chi connectivity index (χ4v) is 1.92. The van der Waals surface area contributed by atoms with Crippen molar-refractivity contribution in [3.63, 3.8) is 0 Å². The standard InChI is InChI=1S/C14H30N2/c1-5-12-15(4)13-10-8-9-11-14-16(6-2)7-3/h5,12H,6-11,13-14H2,1-4H3. The van der Waals surface area contributed by atoms with Crippen LogP contribution in [0.15, 0.2) is 12.3 Å². The largest absolute Gasteiger partial charge is 0.381 e. The van der Waals surface area contributed by atoms with Crippen molar-refractivity contribution in [3.8, 4) is 0 Å². The molecule has 0 aromatic rings. The number of hydrogen-bond donors (Lipinski definition) is 0. The van der Waals surface area contributed by atoms with Gasteiger partial charge < -0.3 is 9.80 Å². The van der Waals surface area contributed by atoms with Gasteiger partial charge in [-0.15, -0.1) is 0 Å². The van der Waals surface area contributed by atoms with Crippen LogP contribution in [0.1, 0.15) is 46.5 Å². The highest BCUT2D eigenvalue weighted by Crippen LogP contribution is 2.03. The molecule has 0 bridgehead atoms. The predicted octanol–water partition coefficient (Wildman–Crippen LogP) is 3.35. The Morgan fingerprint density at radius 3 is 1.94 bits per heavy atom. The zero-order valence-electron chi connectivity index (χ0n) is 11.7. The highest BCUT2D eigenvalue weighted by Gasteiger charge is 1.98. The van der Waals surface area contributed by atoms with Crippen LogP contribution in [0.2, 0.25) is 0 Å². The maximum atomic E-state index is 2.51. The van der Waals surface area contributed by atoms with Gasteiger partial charge in [0.25, 0.3) is 0 Å². The van der Waals surface area contributed by atoms with Crippen LogP contribution in [0.4, 0.5) is 0 Å². The third-order valence-electron chi connectivity index (χ3n) is 3.03. The van der Waals surface area contributed by atoms with Gasteiger partial charge in [0, 0.05) is 13.6 Å². The first-order chi connectivity index (χ1) is 7.74. The van der Waals surface area contributed by atoms with E-state index in [2.05, 4.69) is 49.9 Å². The third-order valence-corrected chi connectivity index (χ3v) is 3.03. The van der Waals surface area contributed by atoms with E-state index >= 15 is 0 Å². The molecule has 96 valence electrons. The molecule has 0 N–H and O–H groups in total. The van der Waals surface area contributed by atoms with E-state index in [-0.39, 0.29) is 0 Å². The molecular formula is C14H30N2. The lowest BCUT2D eigenvalue weighted by atomic mass is 10.2. The van der Waals surface area contributed by atoms with Crippen LogP contribution in [0, 0.1) is 0 Å². The second-order valence-corrected chi connectivity index (χ2v) is 4.40. The lowest BCUT2D eigenvalue weighted by molar-refractivity contribution is 0.294. The van der Waals surface area contributed by atoms with Crippen LogP contribution in [0.3, 0.4) is 0 Å². The van der Waals surface area contributed by atoms with E-state index in [1.165, 1.54) is 51.9 Å². The Hall–Kier alpha value is -0.500. The molecule has 0 atom stereocenters. The molecule has 2 heteroatoms. The zero-order valence-corrected chi connectivity index (χ0v) is 11.7. The van der Waals surface area contributed by atoms with Gasteiger partial charge in [0.1, 0.15) is 0 Å². The van der Waals surface area contributed by atoms with E-state index < -0.39 is 0 Å². The van der Waals surface area contributed by atoms with E-state index in [0.717, 1.165) is 0 Å². The Balaban J connectivity index is 3.27. The Morgan fingerprint density at radius 1 is 0.875 bits per heavy atom. The fraction of sp³-hybridized carbons (Fsp3) is 0.857. The summed E-state index contributed by atoms with van der Waals surface area (Å²) in [6.07, 6.45) is 9.66. The van der Waals surface area contributed by atoms with Crippen LogP contribution in [-0.4, -0.2) is 43.0 Å². The minimum absolute atomic E-state index is 1.19. The smallest absolute Gasteiger partial charge is 0.0169 e. The van der Waals surface area contributed by atoms with Gasteiger partial charge in [0.2, 0.25) is 0 Å². The van der Waals surface area contributed by atoms with Gasteiger partial charge in [-0.1, -0.05) is 32.8 Å². The Bertz CT molecular complexity index is 162. The molecule has 0 fully saturated rings. The van der Waals surface area contributed by atoms with E-state index in [1.807, 2.05) is 0 Å². The minimum Gasteiger partial charge on any atom is -0.381 e. The van der Waals surface area contributed by atoms with Crippen molar-refractivity contribution in [3.05, 3.63) is 12.3 Å². The summed E-state index contributed by atoms with van der Waals surface area (Å²) in [6, 6.07) is 0. The highest BCUT2D eigenvalue weighted by molar-refractivity contribution is 4.75. The van der Waals surface area contributed by atoms with Crippen molar-refractivity contribution in [2.75, 3.05) is 33.2 Å². The third kappa shape index (κ3) is 8.78. The Morgan fingerprint density at radius 2 is 1.44 bits per heavy atom. The first-order valence-electron chi connectivity index (χ1n) is 6.80. The Kier molecular flexibility index (Phi) is 10.7. The van der Waals surface area contributed by atoms with Crippen molar-refractivity contribution in [1.82, 2.24) is 9.80 Å². The van der Waals surface area contributed by atoms with Crippen molar-refractivity contribution >= 4 is 0 Å². The molecule has 0 aliphatic carbocycles. The molecule has 16 heavy (non-hydrogen) atoms. The molecule has 0 saturated heterocycles. The fourth-order valence-electron chi connectivity index (χ4n) is 1.92. The van der Waals surface area contributed by atoms with Crippen molar-refractivity contribution < 1.29 is 0 Å². The summed E-state index contributed by atoms with van der Waals surface area (Å²) < 4.78 is 0. The van der Waals surface area contributed by atoms with Crippen LogP contribution >= 0.6 is 0 Å². The van der Waals surface area contributed by atoms with Crippen molar-refractivity contribution in [1.29, 1.82) is 0 Å². The van der Waals surface area contributed by atoms with Gasteiger partial charge in [-0.2, -0.15) is 0 Å². The second-order valence-electron chi connectivity index (χ2n) is 4.40. The van der Waals surface area contributed by atoms with Crippen molar-refractivity contribution in [2.24, 2.45) is 0 Å². The molecule has 0 aliphatic heterocycles. The lowest BCUT2D eigenvalue weighted by Crippen LogP contribution is -2.23. The molecule has 0 amide bonds. The number of unbranched alkanes of at least 4 members (excludes halogenated alkanes) is 3. The van der Waals surface area contributed by atoms with E-state index in [1.54, 1.807) is 0 Å². The predicted molar refractivity (Wildman–Crippen MR) is 73.7 cm³/mol. The molecule has 0 spiro atoms. The average Bonchev–Trinajstić information content (AvgIpc) is 2.29. The molecule has 0 unspecified atom stereocenters. The van der Waals surface area contributed by atoms with Crippen molar-refractivity contribution in [2.45, 2.75) is 46.5 Å². The first kappa shape index (κ1) is 15.5. The summed E-state index contributed by atoms with van der Waals surface area (Å²) in [5.74, 6) is 0. The maximum Gasteiger partial charge on any atom is 0.0169 e. The monoisotopic (exact) mass is 226 g/mol. The van der Waals surface area contributed by atoms with Crippen LogP contribution in [-0.2, 0) is 0 Å². The van der Waals surface area contributed by atoms with Gasteiger partial charge in [0.15, 0.2) is 0 Å². The summed E-state index contributed by atoms with van der Waals surface area (Å²) >= 11 is 0. The molecule has 0 aliphatic rings. The summed E-state index contributed by atoms with van der Waals surface area (Å²) in [5, 5.41) is 0. The molecule has 0 radical (unpaired) electrons. The van der Waals surface area contributed by atoms with Crippen LogP contribution in [0.25, 0.3) is 0 Å². The van der Waals surface area contributed by atoms with E-state index in [4.69, 9.17) is 0 Å². The molecular weight excluding hydrogens is 196 g/mol. The minimum atomic E-state index is 1.19. The summed E-state index contributed by atoms with van der Waals surface area (Å²) in [6.45, 7) is 11.4. The molecule has 0 aromatic heterocycles.